The number of hydrogen-bond donors (Lipinski definition) is 0. The summed E-state index contributed by atoms with van der Waals surface area (Å²) in [6.07, 6.45) is 1.36. The van der Waals surface area contributed by atoms with Crippen molar-refractivity contribution in [1.82, 2.24) is 18.9 Å². The molecule has 0 aliphatic carbocycles. The second kappa shape index (κ2) is 11.9. The first kappa shape index (κ1) is 29.6. The van der Waals surface area contributed by atoms with Crippen LogP contribution in [0.3, 0.4) is 0 Å². The van der Waals surface area contributed by atoms with E-state index in [0.29, 0.717) is 53.5 Å². The minimum absolute atomic E-state index is 0.102. The number of benzene rings is 3. The van der Waals surface area contributed by atoms with Gasteiger partial charge in [0.1, 0.15) is 6.54 Å². The molecule has 4 aromatic rings. The maximum absolute atomic E-state index is 13.9. The van der Waals surface area contributed by atoms with E-state index in [4.69, 9.17) is 11.6 Å². The molecule has 0 spiro atoms. The number of carbonyl (C=O) groups is 3. The number of piperidine rings is 1. The maximum Gasteiger partial charge on any atom is 0.333 e. The SMILES string of the molecule is C=C(C)n1c(=O)n(CCN2CCC(N(C(=O)CN3C(=O)c4ccccc4C3=O)c3ccc(C)c(Cl)c3)CC2)c2ccccc21. The van der Waals surface area contributed by atoms with E-state index in [1.165, 1.54) is 0 Å². The fourth-order valence-electron chi connectivity index (χ4n) is 6.32. The number of para-hydroxylation sites is 2. The molecule has 44 heavy (non-hydrogen) atoms. The van der Waals surface area contributed by atoms with Gasteiger partial charge in [0.15, 0.2) is 0 Å². The Morgan fingerprint density at radius 1 is 0.909 bits per heavy atom. The van der Waals surface area contributed by atoms with Crippen molar-refractivity contribution in [3.05, 3.63) is 106 Å². The Balaban J connectivity index is 1.18. The number of carbonyl (C=O) groups excluding carboxylic acids is 3. The first-order valence-electron chi connectivity index (χ1n) is 14.8. The molecule has 0 N–H and O–H groups in total. The number of imidazole rings is 1. The average molecular weight is 612 g/mol. The second-order valence-corrected chi connectivity index (χ2v) is 11.9. The summed E-state index contributed by atoms with van der Waals surface area (Å²) in [6.45, 7) is 9.99. The molecule has 2 aliphatic rings. The molecule has 1 fully saturated rings. The summed E-state index contributed by atoms with van der Waals surface area (Å²) >= 11 is 6.48. The summed E-state index contributed by atoms with van der Waals surface area (Å²) in [4.78, 5) is 58.2. The van der Waals surface area contributed by atoms with Gasteiger partial charge in [-0.25, -0.2) is 4.79 Å². The monoisotopic (exact) mass is 611 g/mol. The summed E-state index contributed by atoms with van der Waals surface area (Å²) in [5.74, 6) is -1.25. The highest BCUT2D eigenvalue weighted by atomic mass is 35.5. The number of amides is 3. The van der Waals surface area contributed by atoms with Crippen LogP contribution >= 0.6 is 11.6 Å². The molecular weight excluding hydrogens is 578 g/mol. The lowest BCUT2D eigenvalue weighted by atomic mass is 10.0. The Morgan fingerprint density at radius 2 is 1.52 bits per heavy atom. The van der Waals surface area contributed by atoms with Gasteiger partial charge in [-0.3, -0.25) is 28.4 Å². The zero-order valence-corrected chi connectivity index (χ0v) is 25.6. The number of hydrogen-bond acceptors (Lipinski definition) is 5. The van der Waals surface area contributed by atoms with Gasteiger partial charge in [0, 0.05) is 48.6 Å². The molecule has 3 amide bonds. The van der Waals surface area contributed by atoms with Crippen molar-refractivity contribution >= 4 is 51.7 Å². The van der Waals surface area contributed by atoms with Crippen molar-refractivity contribution in [2.45, 2.75) is 39.3 Å². The molecule has 0 unspecified atom stereocenters. The van der Waals surface area contributed by atoms with Crippen LogP contribution in [0.1, 0.15) is 46.0 Å². The largest absolute Gasteiger partial charge is 0.333 e. The molecule has 0 saturated carbocycles. The second-order valence-electron chi connectivity index (χ2n) is 11.5. The molecule has 10 heteroatoms. The van der Waals surface area contributed by atoms with Crippen LogP contribution in [0.2, 0.25) is 5.02 Å². The van der Waals surface area contributed by atoms with Gasteiger partial charge < -0.3 is 9.80 Å². The molecule has 9 nitrogen and oxygen atoms in total. The van der Waals surface area contributed by atoms with E-state index in [2.05, 4.69) is 11.5 Å². The first-order valence-corrected chi connectivity index (χ1v) is 15.2. The topological polar surface area (TPSA) is 87.9 Å². The summed E-state index contributed by atoms with van der Waals surface area (Å²) in [5, 5.41) is 0.540. The van der Waals surface area contributed by atoms with Crippen LogP contribution in [0.15, 0.2) is 78.1 Å². The van der Waals surface area contributed by atoms with Crippen molar-refractivity contribution < 1.29 is 14.4 Å². The Bertz CT molecular complexity index is 1830. The lowest BCUT2D eigenvalue weighted by molar-refractivity contribution is -0.119. The Morgan fingerprint density at radius 3 is 2.14 bits per heavy atom. The molecular formula is C34H34ClN5O4. The van der Waals surface area contributed by atoms with Crippen molar-refractivity contribution in [3.63, 3.8) is 0 Å². The van der Waals surface area contributed by atoms with Gasteiger partial charge in [-0.2, -0.15) is 0 Å². The molecule has 3 aromatic carbocycles. The standard InChI is InChI=1S/C34H34ClN5O4/c1-22(2)39-30-11-7-6-10-29(30)37(34(39)44)19-18-36-16-14-24(15-17-36)40(25-13-12-23(3)28(35)20-25)31(41)21-38-32(42)26-8-4-5-9-27(26)33(38)43/h4-13,20,24H,1,14-19,21H2,2-3H3. The third kappa shape index (κ3) is 5.27. The van der Waals surface area contributed by atoms with Gasteiger partial charge in [-0.05, 0) is 68.7 Å². The van der Waals surface area contributed by atoms with Crippen LogP contribution in [0.4, 0.5) is 5.69 Å². The number of nitrogens with zero attached hydrogens (tertiary/aromatic N) is 5. The third-order valence-electron chi connectivity index (χ3n) is 8.65. The van der Waals surface area contributed by atoms with E-state index in [9.17, 15) is 19.2 Å². The Hall–Kier alpha value is -4.47. The number of rotatable bonds is 8. The van der Waals surface area contributed by atoms with E-state index in [-0.39, 0.29) is 24.2 Å². The predicted molar refractivity (Wildman–Crippen MR) is 172 cm³/mol. The van der Waals surface area contributed by atoms with Crippen molar-refractivity contribution in [2.75, 3.05) is 31.1 Å². The number of halogens is 1. The number of aryl methyl sites for hydroxylation is 1. The number of fused-ring (bicyclic) bond motifs is 2. The van der Waals surface area contributed by atoms with Crippen LogP contribution in [-0.4, -0.2) is 68.9 Å². The van der Waals surface area contributed by atoms with Crippen LogP contribution in [0.25, 0.3) is 16.7 Å². The van der Waals surface area contributed by atoms with Crippen molar-refractivity contribution in [2.24, 2.45) is 0 Å². The van der Waals surface area contributed by atoms with Crippen LogP contribution in [-0.2, 0) is 11.3 Å². The summed E-state index contributed by atoms with van der Waals surface area (Å²) in [7, 11) is 0. The molecule has 3 heterocycles. The van der Waals surface area contributed by atoms with E-state index >= 15 is 0 Å². The minimum Gasteiger partial charge on any atom is -0.308 e. The predicted octanol–water partition coefficient (Wildman–Crippen LogP) is 5.05. The Labute approximate surface area is 260 Å². The number of aromatic nitrogens is 2. The Kier molecular flexibility index (Phi) is 8.00. The summed E-state index contributed by atoms with van der Waals surface area (Å²) < 4.78 is 3.44. The van der Waals surface area contributed by atoms with Gasteiger partial charge in [0.2, 0.25) is 5.91 Å². The smallest absolute Gasteiger partial charge is 0.308 e. The summed E-state index contributed by atoms with van der Waals surface area (Å²) in [5.41, 5.74) is 4.44. The molecule has 1 saturated heterocycles. The zero-order valence-electron chi connectivity index (χ0n) is 24.8. The lowest BCUT2D eigenvalue weighted by Crippen LogP contribution is -2.51. The number of imide groups is 1. The van der Waals surface area contributed by atoms with E-state index < -0.39 is 11.8 Å². The lowest BCUT2D eigenvalue weighted by Gasteiger charge is -2.39. The van der Waals surface area contributed by atoms with Crippen molar-refractivity contribution in [1.29, 1.82) is 0 Å². The van der Waals surface area contributed by atoms with Gasteiger partial charge in [-0.15, -0.1) is 0 Å². The van der Waals surface area contributed by atoms with Crippen LogP contribution in [0, 0.1) is 6.92 Å². The molecule has 226 valence electrons. The van der Waals surface area contributed by atoms with E-state index in [1.54, 1.807) is 44.4 Å². The summed E-state index contributed by atoms with van der Waals surface area (Å²) in [6, 6.07) is 19.7. The normalized spacial score (nSPS) is 15.7. The third-order valence-corrected chi connectivity index (χ3v) is 9.06. The fraction of sp³-hybridized carbons (Fsp3) is 0.294. The quantitative estimate of drug-likeness (QED) is 0.260. The van der Waals surface area contributed by atoms with Gasteiger partial charge in [0.25, 0.3) is 11.8 Å². The molecule has 6 rings (SSSR count). The van der Waals surface area contributed by atoms with Crippen LogP contribution in [0.5, 0.6) is 0 Å². The fourth-order valence-corrected chi connectivity index (χ4v) is 6.49. The molecule has 0 bridgehead atoms. The van der Waals surface area contributed by atoms with Crippen LogP contribution < -0.4 is 10.6 Å². The van der Waals surface area contributed by atoms with Gasteiger partial charge >= 0.3 is 5.69 Å². The highest BCUT2D eigenvalue weighted by molar-refractivity contribution is 6.31. The zero-order chi connectivity index (χ0) is 31.1. The molecule has 0 radical (unpaired) electrons. The highest BCUT2D eigenvalue weighted by Gasteiger charge is 2.39. The number of anilines is 1. The van der Waals surface area contributed by atoms with E-state index in [0.717, 1.165) is 34.6 Å². The average Bonchev–Trinajstić information content (AvgIpc) is 3.44. The molecule has 1 aromatic heterocycles. The molecule has 2 aliphatic heterocycles. The highest BCUT2D eigenvalue weighted by Crippen LogP contribution is 2.30. The first-order chi connectivity index (χ1) is 21.2. The molecule has 0 atom stereocenters. The van der Waals surface area contributed by atoms with E-state index in [1.807, 2.05) is 50.2 Å². The minimum atomic E-state index is -0.459. The van der Waals surface area contributed by atoms with Crippen molar-refractivity contribution in [3.8, 4) is 0 Å². The number of likely N-dealkylation sites (tertiary alicyclic amines) is 1. The van der Waals surface area contributed by atoms with Gasteiger partial charge in [0.05, 0.1) is 22.2 Å². The van der Waals surface area contributed by atoms with Gasteiger partial charge in [-0.1, -0.05) is 48.5 Å². The maximum atomic E-state index is 13.9. The number of allylic oxidation sites excluding steroid dienone is 1.